The Labute approximate surface area is 135 Å². The van der Waals surface area contributed by atoms with Crippen molar-refractivity contribution < 1.29 is 50.3 Å². The molecule has 0 unspecified atom stereocenters. The van der Waals surface area contributed by atoms with Crippen LogP contribution < -0.4 is 0 Å². The Hall–Kier alpha value is -0.0500. The summed E-state index contributed by atoms with van der Waals surface area (Å²) < 4.78 is 10.1. The molecule has 2 fully saturated rings. The second-order valence-electron chi connectivity index (χ2n) is 5.53. The van der Waals surface area contributed by atoms with E-state index in [0.29, 0.717) is 11.8 Å². The number of hydrogen-bond acceptors (Lipinski definition) is 11. The predicted octanol–water partition coefficient (Wildman–Crippen LogP) is -4.68. The van der Waals surface area contributed by atoms with Gasteiger partial charge < -0.3 is 50.3 Å². The lowest BCUT2D eigenvalue weighted by Crippen LogP contribution is -2.61. The van der Waals surface area contributed by atoms with Crippen LogP contribution in [0.1, 0.15) is 0 Å². The van der Waals surface area contributed by atoms with Gasteiger partial charge in [0.2, 0.25) is 0 Å². The van der Waals surface area contributed by atoms with Gasteiger partial charge in [-0.1, -0.05) is 0 Å². The van der Waals surface area contributed by atoms with E-state index >= 15 is 0 Å². The Bertz CT molecular complexity index is 385. The maximum Gasteiger partial charge on any atom is 0.182 e. The van der Waals surface area contributed by atoms with Crippen LogP contribution >= 0.6 is 11.8 Å². The third-order valence-corrected chi connectivity index (χ3v) is 5.51. The van der Waals surface area contributed by atoms with Gasteiger partial charge in [-0.3, -0.25) is 0 Å². The van der Waals surface area contributed by atoms with Crippen LogP contribution in [0.4, 0.5) is 0 Å². The highest BCUT2D eigenvalue weighted by Crippen LogP contribution is 2.37. The van der Waals surface area contributed by atoms with Gasteiger partial charge in [0.05, 0.1) is 24.6 Å². The van der Waals surface area contributed by atoms with Crippen LogP contribution in [0.25, 0.3) is 0 Å². The van der Waals surface area contributed by atoms with Gasteiger partial charge >= 0.3 is 0 Å². The fourth-order valence-electron chi connectivity index (χ4n) is 2.56. The Kier molecular flexibility index (Phi) is 6.61. The Morgan fingerprint density at radius 3 is 1.78 bits per heavy atom. The Morgan fingerprint density at radius 1 is 0.652 bits per heavy atom. The van der Waals surface area contributed by atoms with Crippen LogP contribution in [-0.4, -0.2) is 114 Å². The minimum absolute atomic E-state index is 0.601. The van der Waals surface area contributed by atoms with E-state index in [9.17, 15) is 30.6 Å². The molecule has 0 amide bonds. The van der Waals surface area contributed by atoms with Crippen LogP contribution in [0.2, 0.25) is 0 Å². The summed E-state index contributed by atoms with van der Waals surface area (Å²) in [5.41, 5.74) is -1.19. The first-order valence-electron chi connectivity index (χ1n) is 7.08. The zero-order valence-corrected chi connectivity index (χ0v) is 12.8. The van der Waals surface area contributed by atoms with E-state index in [2.05, 4.69) is 0 Å². The second kappa shape index (κ2) is 7.89. The van der Waals surface area contributed by atoms with Crippen molar-refractivity contribution in [2.75, 3.05) is 13.2 Å². The third-order valence-electron chi connectivity index (χ3n) is 3.98. The van der Waals surface area contributed by atoms with Crippen molar-refractivity contribution in [1.29, 1.82) is 0 Å². The quantitative estimate of drug-likeness (QED) is 0.242. The number of aliphatic hydroxyl groups is 8. The summed E-state index contributed by atoms with van der Waals surface area (Å²) in [7, 11) is 0. The normalized spacial score (nSPS) is 51.7. The summed E-state index contributed by atoms with van der Waals surface area (Å²) in [6.07, 6.45) is -11.5. The Morgan fingerprint density at radius 2 is 1.22 bits per heavy atom. The molecule has 10 atom stereocenters. The van der Waals surface area contributed by atoms with Crippen molar-refractivity contribution in [1.82, 2.24) is 0 Å². The molecular weight excluding hydrogens is 336 g/mol. The van der Waals surface area contributed by atoms with Crippen LogP contribution in [0, 0.1) is 0 Å². The lowest BCUT2D eigenvalue weighted by molar-refractivity contribution is -0.249. The Balaban J connectivity index is 2.11. The van der Waals surface area contributed by atoms with Gasteiger partial charge in [-0.2, -0.15) is 0 Å². The summed E-state index contributed by atoms with van der Waals surface area (Å²) in [6.45, 7) is -1.21. The van der Waals surface area contributed by atoms with Gasteiger partial charge in [0.25, 0.3) is 0 Å². The first kappa shape index (κ1) is 19.3. The molecule has 0 bridgehead atoms. The van der Waals surface area contributed by atoms with Crippen LogP contribution in [0.3, 0.4) is 0 Å². The molecule has 11 heteroatoms. The van der Waals surface area contributed by atoms with Crippen molar-refractivity contribution in [2.45, 2.75) is 59.7 Å². The molecule has 2 aliphatic heterocycles. The lowest BCUT2D eigenvalue weighted by atomic mass is 10.0. The number of ether oxygens (including phenoxy) is 2. The minimum Gasteiger partial charge on any atom is -0.394 e. The summed E-state index contributed by atoms with van der Waals surface area (Å²) in [6, 6.07) is 0. The van der Waals surface area contributed by atoms with Gasteiger partial charge in [0.15, 0.2) is 6.29 Å². The van der Waals surface area contributed by atoms with Crippen LogP contribution in [-0.2, 0) is 9.47 Å². The molecule has 0 aromatic carbocycles. The number of hydrogen-bond donors (Lipinski definition) is 8. The molecule has 136 valence electrons. The second-order valence-corrected chi connectivity index (χ2v) is 6.81. The van der Waals surface area contributed by atoms with Gasteiger partial charge in [-0.15, -0.1) is 11.8 Å². The monoisotopic (exact) mass is 358 g/mol. The van der Waals surface area contributed by atoms with Crippen molar-refractivity contribution in [3.8, 4) is 0 Å². The molecular formula is C12H22O10S. The molecule has 0 aromatic heterocycles. The molecule has 0 radical (unpaired) electrons. The maximum absolute atomic E-state index is 10.1. The summed E-state index contributed by atoms with van der Waals surface area (Å²) in [5.74, 6) is 0. The molecule has 0 aromatic rings. The molecule has 10 nitrogen and oxygen atoms in total. The van der Waals surface area contributed by atoms with E-state index in [0.717, 1.165) is 0 Å². The molecule has 2 saturated heterocycles. The van der Waals surface area contributed by atoms with Crippen LogP contribution in [0.5, 0.6) is 0 Å². The largest absolute Gasteiger partial charge is 0.394 e. The topological polar surface area (TPSA) is 180 Å². The van der Waals surface area contributed by atoms with Gasteiger partial charge in [0, 0.05) is 0 Å². The highest BCUT2D eigenvalue weighted by atomic mass is 32.2. The summed E-state index contributed by atoms with van der Waals surface area (Å²) >= 11 is 0.708. The van der Waals surface area contributed by atoms with E-state index in [-0.39, 0.29) is 0 Å². The minimum atomic E-state index is -1.65. The molecule has 0 aliphatic carbocycles. The highest BCUT2D eigenvalue weighted by molar-refractivity contribution is 8.00. The number of thioether (sulfide) groups is 1. The zero-order valence-electron chi connectivity index (χ0n) is 12.0. The molecule has 23 heavy (non-hydrogen) atoms. The standard InChI is InChI=1S/C12H22O10S/c13-1-3-5(15)7(17)8(18)12(22-3)23-10-6(16)4(2-14)21-11(20)9(10)19/h3-20H,1-2H2/t3-,4-,5-,6-,7+,8-,9-,10+,11+,12-/m1/s1. The molecule has 2 heterocycles. The van der Waals surface area contributed by atoms with E-state index in [1.165, 1.54) is 0 Å². The van der Waals surface area contributed by atoms with Crippen molar-refractivity contribution >= 4 is 11.8 Å². The first-order chi connectivity index (χ1) is 10.8. The van der Waals surface area contributed by atoms with Crippen molar-refractivity contribution in [3.63, 3.8) is 0 Å². The summed E-state index contributed by atoms with van der Waals surface area (Å²) in [4.78, 5) is 0. The fourth-order valence-corrected chi connectivity index (χ4v) is 4.03. The van der Waals surface area contributed by atoms with E-state index in [4.69, 9.17) is 19.7 Å². The first-order valence-corrected chi connectivity index (χ1v) is 8.02. The van der Waals surface area contributed by atoms with Crippen LogP contribution in [0.15, 0.2) is 0 Å². The van der Waals surface area contributed by atoms with Gasteiger partial charge in [0.1, 0.15) is 42.1 Å². The van der Waals surface area contributed by atoms with E-state index < -0.39 is 72.9 Å². The SMILES string of the molecule is OC[C@H]1O[C@H](S[C@@H]2[C@@H](O)[C@@H](O)O[C@H](CO)[C@H]2O)[C@H](O)[C@@H](O)[C@@H]1O. The van der Waals surface area contributed by atoms with E-state index in [1.807, 2.05) is 0 Å². The maximum atomic E-state index is 10.1. The fraction of sp³-hybridized carbons (Fsp3) is 1.00. The van der Waals surface area contributed by atoms with Gasteiger partial charge in [-0.05, 0) is 0 Å². The molecule has 0 spiro atoms. The molecule has 0 saturated carbocycles. The third kappa shape index (κ3) is 3.80. The number of rotatable bonds is 4. The lowest BCUT2D eigenvalue weighted by Gasteiger charge is -2.44. The van der Waals surface area contributed by atoms with Gasteiger partial charge in [-0.25, -0.2) is 0 Å². The molecule has 2 rings (SSSR count). The smallest absolute Gasteiger partial charge is 0.182 e. The average molecular weight is 358 g/mol. The highest BCUT2D eigenvalue weighted by Gasteiger charge is 2.49. The molecule has 8 N–H and O–H groups in total. The van der Waals surface area contributed by atoms with Crippen molar-refractivity contribution in [3.05, 3.63) is 0 Å². The predicted molar refractivity (Wildman–Crippen MR) is 75.1 cm³/mol. The number of aliphatic hydroxyl groups excluding tert-OH is 8. The average Bonchev–Trinajstić information content (AvgIpc) is 2.54. The van der Waals surface area contributed by atoms with Crippen molar-refractivity contribution in [2.24, 2.45) is 0 Å². The summed E-state index contributed by atoms with van der Waals surface area (Å²) in [5, 5.41) is 76.2. The molecule has 2 aliphatic rings. The van der Waals surface area contributed by atoms with E-state index in [1.54, 1.807) is 0 Å². The zero-order chi connectivity index (χ0) is 17.3.